The molecule has 1 aliphatic carbocycles. The van der Waals surface area contributed by atoms with Crippen molar-refractivity contribution in [2.75, 3.05) is 11.1 Å². The number of hydrogen-bond donors (Lipinski definition) is 1. The maximum Gasteiger partial charge on any atom is 0.269 e. The van der Waals surface area contributed by atoms with Crippen LogP contribution in [0.3, 0.4) is 0 Å². The van der Waals surface area contributed by atoms with E-state index in [1.807, 2.05) is 11.6 Å². The summed E-state index contributed by atoms with van der Waals surface area (Å²) in [5.41, 5.74) is 1.24. The first kappa shape index (κ1) is 19.3. The second kappa shape index (κ2) is 8.51. The van der Waals surface area contributed by atoms with E-state index in [2.05, 4.69) is 15.5 Å². The number of rotatable bonds is 6. The number of anilines is 1. The lowest BCUT2D eigenvalue weighted by molar-refractivity contribution is -0.384. The summed E-state index contributed by atoms with van der Waals surface area (Å²) in [6.07, 6.45) is 6.05. The van der Waals surface area contributed by atoms with Crippen LogP contribution in [0.15, 0.2) is 23.4 Å². The Bertz CT molecular complexity index is 846. The summed E-state index contributed by atoms with van der Waals surface area (Å²) >= 11 is 1.34. The number of hydrogen-bond acceptors (Lipinski definition) is 6. The molecule has 1 saturated carbocycles. The van der Waals surface area contributed by atoms with Crippen LogP contribution in [0.1, 0.15) is 49.4 Å². The molecule has 0 radical (unpaired) electrons. The molecule has 1 N–H and O–H groups in total. The topological polar surface area (TPSA) is 103 Å². The van der Waals surface area contributed by atoms with Crippen molar-refractivity contribution in [2.24, 2.45) is 7.05 Å². The van der Waals surface area contributed by atoms with Gasteiger partial charge in [0.1, 0.15) is 5.82 Å². The summed E-state index contributed by atoms with van der Waals surface area (Å²) in [4.78, 5) is 22.6. The summed E-state index contributed by atoms with van der Waals surface area (Å²) < 4.78 is 1.99. The van der Waals surface area contributed by atoms with Crippen LogP contribution < -0.4 is 5.32 Å². The van der Waals surface area contributed by atoms with Crippen LogP contribution in [0.5, 0.6) is 0 Å². The molecular weight excluding hydrogens is 366 g/mol. The minimum Gasteiger partial charge on any atom is -0.325 e. The average Bonchev–Trinajstić information content (AvgIpc) is 3.03. The smallest absolute Gasteiger partial charge is 0.269 e. The van der Waals surface area contributed by atoms with Gasteiger partial charge in [-0.15, -0.1) is 10.2 Å². The minimum absolute atomic E-state index is 0.00852. The molecule has 0 saturated heterocycles. The molecule has 27 heavy (non-hydrogen) atoms. The highest BCUT2D eigenvalue weighted by molar-refractivity contribution is 7.99. The molecule has 1 aliphatic rings. The molecule has 1 heterocycles. The SMILES string of the molecule is Cc1cc([N+](=O)[O-])ccc1NC(=O)CSc1nnc(C2CCCCC2)n1C. The van der Waals surface area contributed by atoms with Crippen molar-refractivity contribution in [3.05, 3.63) is 39.7 Å². The molecule has 9 heteroatoms. The summed E-state index contributed by atoms with van der Waals surface area (Å²) in [6, 6.07) is 4.39. The van der Waals surface area contributed by atoms with Gasteiger partial charge >= 0.3 is 0 Å². The number of carbonyl (C=O) groups is 1. The number of benzene rings is 1. The fourth-order valence-electron chi connectivity index (χ4n) is 3.39. The fourth-order valence-corrected chi connectivity index (χ4v) is 4.10. The van der Waals surface area contributed by atoms with E-state index in [1.165, 1.54) is 43.2 Å². The number of non-ortho nitro benzene ring substituents is 1. The maximum atomic E-state index is 12.3. The van der Waals surface area contributed by atoms with Crippen LogP contribution >= 0.6 is 11.8 Å². The van der Waals surface area contributed by atoms with Gasteiger partial charge in [0.15, 0.2) is 5.16 Å². The number of amides is 1. The number of thioether (sulfide) groups is 1. The largest absolute Gasteiger partial charge is 0.325 e. The zero-order valence-corrected chi connectivity index (χ0v) is 16.3. The van der Waals surface area contributed by atoms with E-state index in [0.29, 0.717) is 17.2 Å². The van der Waals surface area contributed by atoms with E-state index < -0.39 is 4.92 Å². The van der Waals surface area contributed by atoms with Gasteiger partial charge in [0, 0.05) is 30.8 Å². The molecule has 0 unspecified atom stereocenters. The van der Waals surface area contributed by atoms with Gasteiger partial charge < -0.3 is 9.88 Å². The molecule has 144 valence electrons. The molecule has 1 fully saturated rings. The van der Waals surface area contributed by atoms with Crippen molar-refractivity contribution in [1.82, 2.24) is 14.8 Å². The van der Waals surface area contributed by atoms with E-state index in [1.54, 1.807) is 13.0 Å². The molecule has 0 spiro atoms. The van der Waals surface area contributed by atoms with E-state index >= 15 is 0 Å². The Kier molecular flexibility index (Phi) is 6.10. The lowest BCUT2D eigenvalue weighted by atomic mass is 9.89. The van der Waals surface area contributed by atoms with Crippen molar-refractivity contribution in [2.45, 2.75) is 50.1 Å². The van der Waals surface area contributed by atoms with Crippen molar-refractivity contribution in [3.63, 3.8) is 0 Å². The normalized spacial score (nSPS) is 14.9. The first-order valence-corrected chi connectivity index (χ1v) is 10.0. The van der Waals surface area contributed by atoms with Gasteiger partial charge in [0.05, 0.1) is 10.7 Å². The highest BCUT2D eigenvalue weighted by Crippen LogP contribution is 2.32. The van der Waals surface area contributed by atoms with Gasteiger partial charge in [-0.05, 0) is 31.4 Å². The van der Waals surface area contributed by atoms with E-state index in [0.717, 1.165) is 23.8 Å². The quantitative estimate of drug-likeness (QED) is 0.458. The van der Waals surface area contributed by atoms with Gasteiger partial charge in [-0.2, -0.15) is 0 Å². The second-order valence-electron chi connectivity index (χ2n) is 6.83. The molecule has 8 nitrogen and oxygen atoms in total. The van der Waals surface area contributed by atoms with Crippen molar-refractivity contribution < 1.29 is 9.72 Å². The average molecular weight is 389 g/mol. The minimum atomic E-state index is -0.452. The molecular formula is C18H23N5O3S. The second-order valence-corrected chi connectivity index (χ2v) is 7.77. The molecule has 1 amide bonds. The zero-order chi connectivity index (χ0) is 19.4. The zero-order valence-electron chi connectivity index (χ0n) is 15.5. The molecule has 3 rings (SSSR count). The molecule has 1 aromatic carbocycles. The van der Waals surface area contributed by atoms with Crippen molar-refractivity contribution in [1.29, 1.82) is 0 Å². The van der Waals surface area contributed by atoms with Gasteiger partial charge in [-0.1, -0.05) is 31.0 Å². The summed E-state index contributed by atoms with van der Waals surface area (Å²) in [7, 11) is 1.95. The number of nitrogens with zero attached hydrogens (tertiary/aromatic N) is 4. The van der Waals surface area contributed by atoms with Crippen LogP contribution in [0.2, 0.25) is 0 Å². The van der Waals surface area contributed by atoms with Crippen LogP contribution in [-0.2, 0) is 11.8 Å². The van der Waals surface area contributed by atoms with Crippen LogP contribution in [0, 0.1) is 17.0 Å². The number of nitro groups is 1. The van der Waals surface area contributed by atoms with E-state index in [-0.39, 0.29) is 17.3 Å². The Labute approximate surface area is 161 Å². The number of carbonyl (C=O) groups excluding carboxylic acids is 1. The Balaban J connectivity index is 1.58. The molecule has 0 aliphatic heterocycles. The predicted octanol–water partition coefficient (Wildman–Crippen LogP) is 3.81. The Morgan fingerprint density at radius 1 is 1.33 bits per heavy atom. The standard InChI is InChI=1S/C18H23N5O3S/c1-12-10-14(23(25)26)8-9-15(12)19-16(24)11-27-18-21-20-17(22(18)2)13-6-4-3-5-7-13/h8-10,13H,3-7,11H2,1-2H3,(H,19,24). The molecule has 1 aromatic heterocycles. The Morgan fingerprint density at radius 3 is 2.74 bits per heavy atom. The number of nitro benzene ring substituents is 1. The molecule has 0 bridgehead atoms. The third-order valence-corrected chi connectivity index (χ3v) is 5.89. The lowest BCUT2D eigenvalue weighted by Crippen LogP contribution is -2.15. The first-order valence-electron chi connectivity index (χ1n) is 9.02. The van der Waals surface area contributed by atoms with Gasteiger partial charge in [-0.25, -0.2) is 0 Å². The monoisotopic (exact) mass is 389 g/mol. The van der Waals surface area contributed by atoms with Gasteiger partial charge in [-0.3, -0.25) is 14.9 Å². The third-order valence-electron chi connectivity index (χ3n) is 4.87. The number of nitrogens with one attached hydrogen (secondary N) is 1. The van der Waals surface area contributed by atoms with Crippen molar-refractivity contribution in [3.8, 4) is 0 Å². The Hall–Kier alpha value is -2.42. The number of aryl methyl sites for hydroxylation is 1. The van der Waals surface area contributed by atoms with E-state index in [9.17, 15) is 14.9 Å². The van der Waals surface area contributed by atoms with Gasteiger partial charge in [0.2, 0.25) is 5.91 Å². The lowest BCUT2D eigenvalue weighted by Gasteiger charge is -2.20. The highest BCUT2D eigenvalue weighted by Gasteiger charge is 2.22. The number of aromatic nitrogens is 3. The van der Waals surface area contributed by atoms with Crippen molar-refractivity contribution >= 4 is 29.0 Å². The van der Waals surface area contributed by atoms with Crippen LogP contribution in [-0.4, -0.2) is 31.3 Å². The van der Waals surface area contributed by atoms with Crippen LogP contribution in [0.4, 0.5) is 11.4 Å². The van der Waals surface area contributed by atoms with Gasteiger partial charge in [0.25, 0.3) is 5.69 Å². The predicted molar refractivity (Wildman–Crippen MR) is 104 cm³/mol. The fraction of sp³-hybridized carbons (Fsp3) is 0.500. The molecule has 2 aromatic rings. The summed E-state index contributed by atoms with van der Waals surface area (Å²) in [6.45, 7) is 1.73. The first-order chi connectivity index (χ1) is 13.0. The van der Waals surface area contributed by atoms with E-state index in [4.69, 9.17) is 0 Å². The Morgan fingerprint density at radius 2 is 2.07 bits per heavy atom. The maximum absolute atomic E-state index is 12.3. The van der Waals surface area contributed by atoms with Crippen LogP contribution in [0.25, 0.3) is 0 Å². The summed E-state index contributed by atoms with van der Waals surface area (Å²) in [5, 5.41) is 22.9. The third kappa shape index (κ3) is 4.65. The summed E-state index contributed by atoms with van der Waals surface area (Å²) in [5.74, 6) is 1.48. The molecule has 0 atom stereocenters. The highest BCUT2D eigenvalue weighted by atomic mass is 32.2.